The van der Waals surface area contributed by atoms with Crippen LogP contribution in [0.3, 0.4) is 0 Å². The summed E-state index contributed by atoms with van der Waals surface area (Å²) in [4.78, 5) is 44.7. The maximum absolute atomic E-state index is 13.1. The number of aromatic nitrogens is 2. The molecule has 1 aliphatic rings. The summed E-state index contributed by atoms with van der Waals surface area (Å²) in [6.45, 7) is 2.61. The van der Waals surface area contributed by atoms with Crippen molar-refractivity contribution in [3.8, 4) is 0 Å². The molecule has 2 unspecified atom stereocenters. The van der Waals surface area contributed by atoms with Gasteiger partial charge in [-0.25, -0.2) is 4.98 Å². The third-order valence-electron chi connectivity index (χ3n) is 5.56. The van der Waals surface area contributed by atoms with E-state index in [0.29, 0.717) is 41.5 Å². The van der Waals surface area contributed by atoms with E-state index in [1.165, 1.54) is 6.20 Å². The van der Waals surface area contributed by atoms with Crippen LogP contribution in [-0.4, -0.2) is 52.9 Å². The lowest BCUT2D eigenvalue weighted by Gasteiger charge is -2.30. The zero-order valence-electron chi connectivity index (χ0n) is 19.3. The van der Waals surface area contributed by atoms with Crippen LogP contribution in [0, 0.1) is 0 Å². The van der Waals surface area contributed by atoms with E-state index in [-0.39, 0.29) is 30.4 Å². The molecule has 0 bridgehead atoms. The second-order valence-corrected chi connectivity index (χ2v) is 8.25. The van der Waals surface area contributed by atoms with Crippen molar-refractivity contribution in [3.05, 3.63) is 41.6 Å². The van der Waals surface area contributed by atoms with Gasteiger partial charge in [-0.3, -0.25) is 14.4 Å². The molecule has 3 rings (SSSR count). The Balaban J connectivity index is 1.70. The van der Waals surface area contributed by atoms with E-state index in [1.54, 1.807) is 24.3 Å². The summed E-state index contributed by atoms with van der Waals surface area (Å²) in [5.41, 5.74) is 12.1. The van der Waals surface area contributed by atoms with Gasteiger partial charge < -0.3 is 32.7 Å². The normalized spacial score (nSPS) is 17.5. The summed E-state index contributed by atoms with van der Waals surface area (Å²) in [5, 5.41) is 12.2. The Bertz CT molecular complexity index is 1010. The van der Waals surface area contributed by atoms with Crippen molar-refractivity contribution in [2.45, 2.75) is 51.1 Å². The lowest BCUT2D eigenvalue weighted by Crippen LogP contribution is -2.47. The summed E-state index contributed by atoms with van der Waals surface area (Å²) in [6, 6.07) is 6.55. The van der Waals surface area contributed by atoms with Crippen LogP contribution in [0.5, 0.6) is 0 Å². The number of hydrogen-bond acceptors (Lipinski definition) is 8. The number of hydrogen-bond donors (Lipinski definition) is 6. The predicted molar refractivity (Wildman–Crippen MR) is 130 cm³/mol. The molecule has 1 saturated carbocycles. The largest absolute Gasteiger partial charge is 0.369 e. The Hall–Kier alpha value is -3.73. The minimum Gasteiger partial charge on any atom is -0.369 e. The lowest BCUT2D eigenvalue weighted by molar-refractivity contribution is -0.120. The van der Waals surface area contributed by atoms with Gasteiger partial charge in [0.15, 0.2) is 0 Å². The number of rotatable bonds is 10. The first-order chi connectivity index (χ1) is 16.4. The third-order valence-corrected chi connectivity index (χ3v) is 5.56. The Morgan fingerprint density at radius 1 is 1.09 bits per heavy atom. The van der Waals surface area contributed by atoms with Crippen molar-refractivity contribution >= 4 is 35.2 Å². The molecular formula is C23H32N8O3. The standard InChI is InChI=1S/C23H32N8O3/c1-2-10-26-21-18(22(34)29-17-5-3-4-16(11-17)28-19(32)12-24)13-27-23(31-21)30-15-8-6-14(7-9-15)20(25)33/h6-9,13,16-17H,2-5,10-12,24H2,1H3,(H2,25,33)(H,28,32)(H,29,34)(H2,26,27,30,31). The van der Waals surface area contributed by atoms with Gasteiger partial charge in [-0.1, -0.05) is 6.92 Å². The topological polar surface area (TPSA) is 177 Å². The van der Waals surface area contributed by atoms with Crippen molar-refractivity contribution in [1.82, 2.24) is 20.6 Å². The molecule has 2 atom stereocenters. The second kappa shape index (κ2) is 11.9. The first kappa shape index (κ1) is 24.9. The van der Waals surface area contributed by atoms with Gasteiger partial charge in [-0.15, -0.1) is 0 Å². The van der Waals surface area contributed by atoms with Crippen LogP contribution in [0.25, 0.3) is 0 Å². The number of carbonyl (C=O) groups is 3. The molecule has 182 valence electrons. The van der Waals surface area contributed by atoms with Crippen LogP contribution < -0.4 is 32.7 Å². The number of carbonyl (C=O) groups excluding carboxylic acids is 3. The molecule has 0 radical (unpaired) electrons. The van der Waals surface area contributed by atoms with Gasteiger partial charge in [0.1, 0.15) is 11.4 Å². The molecule has 34 heavy (non-hydrogen) atoms. The highest BCUT2D eigenvalue weighted by atomic mass is 16.2. The lowest BCUT2D eigenvalue weighted by atomic mass is 9.90. The molecular weight excluding hydrogens is 436 g/mol. The Kier molecular flexibility index (Phi) is 8.74. The SMILES string of the molecule is CCCNc1nc(Nc2ccc(C(N)=O)cc2)ncc1C(=O)NC1CCCC(NC(=O)CN)C1. The molecule has 1 aliphatic carbocycles. The average Bonchev–Trinajstić information content (AvgIpc) is 2.83. The van der Waals surface area contributed by atoms with Crippen LogP contribution in [-0.2, 0) is 4.79 Å². The van der Waals surface area contributed by atoms with Crippen LogP contribution in [0.4, 0.5) is 17.5 Å². The molecule has 11 nitrogen and oxygen atoms in total. The summed E-state index contributed by atoms with van der Waals surface area (Å²) in [6.07, 6.45) is 5.59. The molecule has 3 amide bonds. The average molecular weight is 469 g/mol. The number of nitrogens with one attached hydrogen (secondary N) is 4. The molecule has 1 aromatic heterocycles. The molecule has 8 N–H and O–H groups in total. The molecule has 1 aromatic carbocycles. The van der Waals surface area contributed by atoms with Crippen LogP contribution in [0.15, 0.2) is 30.5 Å². The van der Waals surface area contributed by atoms with E-state index in [2.05, 4.69) is 31.2 Å². The van der Waals surface area contributed by atoms with E-state index in [9.17, 15) is 14.4 Å². The number of amides is 3. The molecule has 11 heteroatoms. The summed E-state index contributed by atoms with van der Waals surface area (Å²) in [7, 11) is 0. The Morgan fingerprint density at radius 3 is 2.44 bits per heavy atom. The van der Waals surface area contributed by atoms with Crippen LogP contribution in [0.1, 0.15) is 59.7 Å². The monoisotopic (exact) mass is 468 g/mol. The molecule has 1 heterocycles. The van der Waals surface area contributed by atoms with Crippen molar-refractivity contribution < 1.29 is 14.4 Å². The smallest absolute Gasteiger partial charge is 0.256 e. The first-order valence-corrected chi connectivity index (χ1v) is 11.5. The molecule has 2 aromatic rings. The summed E-state index contributed by atoms with van der Waals surface area (Å²) in [5.74, 6) is -0.232. The fourth-order valence-corrected chi connectivity index (χ4v) is 3.84. The number of nitrogens with zero attached hydrogens (tertiary/aromatic N) is 2. The number of primary amides is 1. The van der Waals surface area contributed by atoms with E-state index in [4.69, 9.17) is 11.5 Å². The molecule has 0 aliphatic heterocycles. The fraction of sp³-hybridized carbons (Fsp3) is 0.435. The Labute approximate surface area is 198 Å². The van der Waals surface area contributed by atoms with Gasteiger partial charge in [0.05, 0.1) is 6.54 Å². The summed E-state index contributed by atoms with van der Waals surface area (Å²) < 4.78 is 0. The highest BCUT2D eigenvalue weighted by molar-refractivity contribution is 5.99. The van der Waals surface area contributed by atoms with Crippen molar-refractivity contribution in [2.24, 2.45) is 11.5 Å². The molecule has 0 saturated heterocycles. The van der Waals surface area contributed by atoms with Crippen LogP contribution in [0.2, 0.25) is 0 Å². The van der Waals surface area contributed by atoms with Crippen molar-refractivity contribution in [2.75, 3.05) is 23.7 Å². The van der Waals surface area contributed by atoms with Gasteiger partial charge in [0.25, 0.3) is 5.91 Å². The minimum atomic E-state index is -0.504. The predicted octanol–water partition coefficient (Wildman–Crippen LogP) is 1.26. The Morgan fingerprint density at radius 2 is 1.79 bits per heavy atom. The van der Waals surface area contributed by atoms with Crippen LogP contribution >= 0.6 is 0 Å². The van der Waals surface area contributed by atoms with Gasteiger partial charge in [0, 0.05) is 36.1 Å². The van der Waals surface area contributed by atoms with E-state index >= 15 is 0 Å². The number of benzene rings is 1. The van der Waals surface area contributed by atoms with E-state index < -0.39 is 5.91 Å². The van der Waals surface area contributed by atoms with E-state index in [0.717, 1.165) is 25.7 Å². The van der Waals surface area contributed by atoms with Crippen molar-refractivity contribution in [3.63, 3.8) is 0 Å². The maximum Gasteiger partial charge on any atom is 0.256 e. The molecule has 0 spiro atoms. The third kappa shape index (κ3) is 6.88. The van der Waals surface area contributed by atoms with Crippen molar-refractivity contribution in [1.29, 1.82) is 0 Å². The zero-order chi connectivity index (χ0) is 24.5. The molecule has 1 fully saturated rings. The van der Waals surface area contributed by atoms with Gasteiger partial charge in [-0.05, 0) is 56.4 Å². The number of nitrogens with two attached hydrogens (primary N) is 2. The van der Waals surface area contributed by atoms with Gasteiger partial charge in [0.2, 0.25) is 17.8 Å². The second-order valence-electron chi connectivity index (χ2n) is 8.25. The van der Waals surface area contributed by atoms with Gasteiger partial charge >= 0.3 is 0 Å². The zero-order valence-corrected chi connectivity index (χ0v) is 19.3. The maximum atomic E-state index is 13.1. The summed E-state index contributed by atoms with van der Waals surface area (Å²) >= 11 is 0. The van der Waals surface area contributed by atoms with E-state index in [1.807, 2.05) is 6.92 Å². The highest BCUT2D eigenvalue weighted by Gasteiger charge is 2.26. The fourth-order valence-electron chi connectivity index (χ4n) is 3.84. The van der Waals surface area contributed by atoms with Gasteiger partial charge in [-0.2, -0.15) is 4.98 Å². The minimum absolute atomic E-state index is 0.00318. The highest BCUT2D eigenvalue weighted by Crippen LogP contribution is 2.21. The first-order valence-electron chi connectivity index (χ1n) is 11.5. The quantitative estimate of drug-likeness (QED) is 0.302. The number of anilines is 3.